The first-order chi connectivity index (χ1) is 13.7. The van der Waals surface area contributed by atoms with Gasteiger partial charge in [-0.3, -0.25) is 4.79 Å². The van der Waals surface area contributed by atoms with Gasteiger partial charge in [-0.15, -0.1) is 0 Å². The fraction of sp³-hybridized carbons (Fsp3) is 0.115. The van der Waals surface area contributed by atoms with Gasteiger partial charge in [0.25, 0.3) is 0 Å². The second kappa shape index (κ2) is 7.69. The third-order valence-corrected chi connectivity index (χ3v) is 5.10. The summed E-state index contributed by atoms with van der Waals surface area (Å²) in [5.41, 5.74) is 6.82. The second-order valence-electron chi connectivity index (χ2n) is 6.99. The highest BCUT2D eigenvalue weighted by Gasteiger charge is 2.21. The lowest BCUT2D eigenvalue weighted by Crippen LogP contribution is -2.06. The van der Waals surface area contributed by atoms with Crippen LogP contribution in [0.4, 0.5) is 0 Å². The third-order valence-electron chi connectivity index (χ3n) is 5.10. The molecule has 3 aromatic rings. The molecule has 1 aliphatic carbocycles. The summed E-state index contributed by atoms with van der Waals surface area (Å²) in [5.74, 6) is 0.363. The molecule has 0 fully saturated rings. The standard InChI is InChI=1S/C26H22O2/c1-2-8-19-17-20(13-15-24(19)27)26(18-9-4-3-5-10-18)23-14-16-25(28)22-12-7-6-11-21(22)23/h3-7,9-17,27H,2,8H2,1H3/b26-23+. The average molecular weight is 366 g/mol. The Bertz CT molecular complexity index is 1090. The zero-order valence-electron chi connectivity index (χ0n) is 15.9. The van der Waals surface area contributed by atoms with Crippen molar-refractivity contribution >= 4 is 16.9 Å². The van der Waals surface area contributed by atoms with E-state index in [1.165, 1.54) is 0 Å². The smallest absolute Gasteiger partial charge is 0.186 e. The van der Waals surface area contributed by atoms with Crippen molar-refractivity contribution in [2.75, 3.05) is 0 Å². The van der Waals surface area contributed by atoms with Gasteiger partial charge in [0.2, 0.25) is 0 Å². The quantitative estimate of drug-likeness (QED) is 0.610. The minimum absolute atomic E-state index is 0.0316. The van der Waals surface area contributed by atoms with Crippen LogP contribution in [-0.2, 0) is 6.42 Å². The van der Waals surface area contributed by atoms with Crippen molar-refractivity contribution in [3.8, 4) is 5.75 Å². The Hall–Kier alpha value is -3.39. The number of aromatic hydroxyl groups is 1. The number of phenolic OH excluding ortho intramolecular Hbond substituents is 1. The maximum absolute atomic E-state index is 12.4. The van der Waals surface area contributed by atoms with Crippen LogP contribution in [0.3, 0.4) is 0 Å². The molecule has 2 heteroatoms. The Morgan fingerprint density at radius 3 is 2.29 bits per heavy atom. The Balaban J connectivity index is 2.02. The van der Waals surface area contributed by atoms with Crippen LogP contribution >= 0.6 is 0 Å². The molecule has 0 saturated carbocycles. The summed E-state index contributed by atoms with van der Waals surface area (Å²) in [4.78, 5) is 12.4. The summed E-state index contributed by atoms with van der Waals surface area (Å²) in [6.07, 6.45) is 5.35. The Labute approximate surface area is 165 Å². The monoisotopic (exact) mass is 366 g/mol. The summed E-state index contributed by atoms with van der Waals surface area (Å²) >= 11 is 0. The highest BCUT2D eigenvalue weighted by molar-refractivity contribution is 6.16. The van der Waals surface area contributed by atoms with Crippen LogP contribution < -0.4 is 0 Å². The zero-order chi connectivity index (χ0) is 19.5. The maximum Gasteiger partial charge on any atom is 0.186 e. The molecule has 28 heavy (non-hydrogen) atoms. The summed E-state index contributed by atoms with van der Waals surface area (Å²) < 4.78 is 0. The minimum Gasteiger partial charge on any atom is -0.508 e. The van der Waals surface area contributed by atoms with Gasteiger partial charge in [0, 0.05) is 5.56 Å². The van der Waals surface area contributed by atoms with Crippen LogP contribution in [0.25, 0.3) is 11.1 Å². The molecule has 0 atom stereocenters. The second-order valence-corrected chi connectivity index (χ2v) is 6.99. The molecule has 2 nitrogen and oxygen atoms in total. The van der Waals surface area contributed by atoms with Gasteiger partial charge in [0.1, 0.15) is 5.75 Å². The predicted molar refractivity (Wildman–Crippen MR) is 114 cm³/mol. The first kappa shape index (κ1) is 18.0. The molecule has 1 aliphatic rings. The first-order valence-corrected chi connectivity index (χ1v) is 9.63. The number of fused-ring (bicyclic) bond motifs is 1. The molecule has 4 rings (SSSR count). The van der Waals surface area contributed by atoms with Gasteiger partial charge in [-0.1, -0.05) is 74.0 Å². The molecule has 0 aromatic heterocycles. The summed E-state index contributed by atoms with van der Waals surface area (Å²) in [7, 11) is 0. The van der Waals surface area contributed by atoms with E-state index >= 15 is 0 Å². The Morgan fingerprint density at radius 2 is 1.54 bits per heavy atom. The summed E-state index contributed by atoms with van der Waals surface area (Å²) in [5, 5.41) is 10.2. The lowest BCUT2D eigenvalue weighted by molar-refractivity contribution is 0.104. The van der Waals surface area contributed by atoms with E-state index in [0.29, 0.717) is 5.75 Å². The number of hydrogen-bond acceptors (Lipinski definition) is 2. The molecule has 3 aromatic carbocycles. The fourth-order valence-corrected chi connectivity index (χ4v) is 3.78. The Morgan fingerprint density at radius 1 is 0.821 bits per heavy atom. The van der Waals surface area contributed by atoms with E-state index in [1.54, 1.807) is 12.1 Å². The number of aryl methyl sites for hydroxylation is 1. The van der Waals surface area contributed by atoms with E-state index < -0.39 is 0 Å². The van der Waals surface area contributed by atoms with E-state index in [0.717, 1.165) is 51.8 Å². The summed E-state index contributed by atoms with van der Waals surface area (Å²) in [6, 6.07) is 23.8. The van der Waals surface area contributed by atoms with Crippen molar-refractivity contribution in [2.24, 2.45) is 0 Å². The summed E-state index contributed by atoms with van der Waals surface area (Å²) in [6.45, 7) is 2.11. The number of benzene rings is 3. The van der Waals surface area contributed by atoms with Gasteiger partial charge in [0.15, 0.2) is 5.78 Å². The van der Waals surface area contributed by atoms with Crippen LogP contribution in [-0.4, -0.2) is 10.9 Å². The van der Waals surface area contributed by atoms with E-state index in [9.17, 15) is 9.90 Å². The molecule has 0 aliphatic heterocycles. The SMILES string of the molecule is CCCc1cc(/C(=C2\C=CC(=O)c3ccccc32)c2ccccc2)ccc1O. The predicted octanol–water partition coefficient (Wildman–Crippen LogP) is 6.06. The minimum atomic E-state index is 0.0316. The topological polar surface area (TPSA) is 37.3 Å². The molecular formula is C26H22O2. The largest absolute Gasteiger partial charge is 0.508 e. The number of phenols is 1. The van der Waals surface area contributed by atoms with Crippen molar-refractivity contribution in [3.63, 3.8) is 0 Å². The van der Waals surface area contributed by atoms with Crippen LogP contribution in [0.5, 0.6) is 5.75 Å². The lowest BCUT2D eigenvalue weighted by atomic mass is 9.83. The number of carbonyl (C=O) groups excluding carboxylic acids is 1. The fourth-order valence-electron chi connectivity index (χ4n) is 3.78. The van der Waals surface area contributed by atoms with E-state index in [2.05, 4.69) is 25.1 Å². The molecule has 0 amide bonds. The van der Waals surface area contributed by atoms with Gasteiger partial charge < -0.3 is 5.11 Å². The lowest BCUT2D eigenvalue weighted by Gasteiger charge is -2.20. The molecule has 0 spiro atoms. The molecule has 0 unspecified atom stereocenters. The molecule has 0 bridgehead atoms. The van der Waals surface area contributed by atoms with Gasteiger partial charge >= 0.3 is 0 Å². The molecule has 0 heterocycles. The van der Waals surface area contributed by atoms with E-state index in [4.69, 9.17) is 0 Å². The number of ketones is 1. The first-order valence-electron chi connectivity index (χ1n) is 9.63. The van der Waals surface area contributed by atoms with Crippen molar-refractivity contribution in [1.82, 2.24) is 0 Å². The van der Waals surface area contributed by atoms with Crippen LogP contribution in [0.2, 0.25) is 0 Å². The van der Waals surface area contributed by atoms with Crippen molar-refractivity contribution < 1.29 is 9.90 Å². The third kappa shape index (κ3) is 3.29. The van der Waals surface area contributed by atoms with Crippen molar-refractivity contribution in [2.45, 2.75) is 19.8 Å². The number of allylic oxidation sites excluding steroid dienone is 3. The Kier molecular flexibility index (Phi) is 4.94. The van der Waals surface area contributed by atoms with Gasteiger partial charge in [-0.25, -0.2) is 0 Å². The molecule has 0 radical (unpaired) electrons. The number of carbonyl (C=O) groups is 1. The van der Waals surface area contributed by atoms with Gasteiger partial charge in [-0.05, 0) is 64.1 Å². The zero-order valence-corrected chi connectivity index (χ0v) is 15.9. The molecular weight excluding hydrogens is 344 g/mol. The van der Waals surface area contributed by atoms with Crippen LogP contribution in [0.1, 0.15) is 46.0 Å². The van der Waals surface area contributed by atoms with Crippen LogP contribution in [0.15, 0.2) is 84.9 Å². The molecule has 1 N–H and O–H groups in total. The van der Waals surface area contributed by atoms with Gasteiger partial charge in [0.05, 0.1) is 0 Å². The maximum atomic E-state index is 12.4. The molecule has 0 saturated heterocycles. The van der Waals surface area contributed by atoms with Crippen molar-refractivity contribution in [3.05, 3.63) is 113 Å². The highest BCUT2D eigenvalue weighted by Crippen LogP contribution is 2.38. The highest BCUT2D eigenvalue weighted by atomic mass is 16.3. The average Bonchev–Trinajstić information content (AvgIpc) is 2.73. The number of hydrogen-bond donors (Lipinski definition) is 1. The van der Waals surface area contributed by atoms with Gasteiger partial charge in [-0.2, -0.15) is 0 Å². The van der Waals surface area contributed by atoms with Crippen LogP contribution in [0, 0.1) is 0 Å². The molecule has 138 valence electrons. The van der Waals surface area contributed by atoms with E-state index in [1.807, 2.05) is 54.6 Å². The van der Waals surface area contributed by atoms with Crippen molar-refractivity contribution in [1.29, 1.82) is 0 Å². The van der Waals surface area contributed by atoms with E-state index in [-0.39, 0.29) is 5.78 Å². The normalized spacial score (nSPS) is 14.7. The number of rotatable bonds is 4.